The minimum atomic E-state index is -0.638. The maximum absolute atomic E-state index is 14.4. The fourth-order valence-electron chi connectivity index (χ4n) is 3.99. The zero-order valence-corrected chi connectivity index (χ0v) is 19.1. The maximum Gasteiger partial charge on any atom is 0.267 e. The molecule has 4 N–H and O–H groups in total. The van der Waals surface area contributed by atoms with Crippen LogP contribution in [0.3, 0.4) is 0 Å². The van der Waals surface area contributed by atoms with Crippen LogP contribution < -0.4 is 11.1 Å². The molecule has 0 unspecified atom stereocenters. The summed E-state index contributed by atoms with van der Waals surface area (Å²) in [6, 6.07) is 15.4. The van der Waals surface area contributed by atoms with Gasteiger partial charge in [-0.05, 0) is 42.0 Å². The molecule has 0 fully saturated rings. The van der Waals surface area contributed by atoms with Gasteiger partial charge in [-0.15, -0.1) is 0 Å². The summed E-state index contributed by atoms with van der Waals surface area (Å²) in [7, 11) is 0. The van der Waals surface area contributed by atoms with Crippen molar-refractivity contribution in [1.29, 1.82) is 0 Å². The summed E-state index contributed by atoms with van der Waals surface area (Å²) in [6.45, 7) is -0.0137. The van der Waals surface area contributed by atoms with Gasteiger partial charge >= 0.3 is 0 Å². The van der Waals surface area contributed by atoms with Gasteiger partial charge in [0.05, 0.1) is 10.5 Å². The second-order valence-electron chi connectivity index (χ2n) is 8.07. The number of amides is 2. The van der Waals surface area contributed by atoms with Crippen molar-refractivity contribution in [1.82, 2.24) is 20.3 Å². The van der Waals surface area contributed by atoms with E-state index in [0.717, 1.165) is 5.39 Å². The van der Waals surface area contributed by atoms with Gasteiger partial charge in [-0.25, -0.2) is 9.37 Å². The summed E-state index contributed by atoms with van der Waals surface area (Å²) in [4.78, 5) is 36.4. The molecule has 0 aliphatic carbocycles. The Labute approximate surface area is 204 Å². The Bertz CT molecular complexity index is 1610. The molecule has 0 radical (unpaired) electrons. The molecule has 5 rings (SSSR count). The molecular weight excluding hydrogens is 469 g/mol. The number of pyridine rings is 2. The molecule has 5 aromatic rings. The van der Waals surface area contributed by atoms with Gasteiger partial charge in [0.2, 0.25) is 0 Å². The topological polar surface area (TPSA) is 114 Å². The van der Waals surface area contributed by atoms with E-state index in [1.165, 1.54) is 12.3 Å². The molecule has 174 valence electrons. The number of fused-ring (bicyclic) bond motifs is 2. The molecule has 0 bridgehead atoms. The minimum absolute atomic E-state index is 0.0137. The number of nitrogens with zero attached hydrogens (tertiary/aromatic N) is 2. The van der Waals surface area contributed by atoms with Crippen molar-refractivity contribution in [3.8, 4) is 0 Å². The minimum Gasteiger partial charge on any atom is -0.364 e. The number of benzene rings is 2. The van der Waals surface area contributed by atoms with Crippen molar-refractivity contribution in [3.05, 3.63) is 106 Å². The summed E-state index contributed by atoms with van der Waals surface area (Å²) in [5.41, 5.74) is 8.80. The average molecular weight is 488 g/mol. The highest BCUT2D eigenvalue weighted by Crippen LogP contribution is 2.26. The number of aromatic nitrogens is 3. The molecule has 2 aromatic carbocycles. The Morgan fingerprint density at radius 1 is 1.09 bits per heavy atom. The molecule has 0 aliphatic rings. The molecule has 0 atom stereocenters. The van der Waals surface area contributed by atoms with E-state index in [1.54, 1.807) is 30.5 Å². The molecule has 0 saturated carbocycles. The molecule has 35 heavy (non-hydrogen) atoms. The molecule has 0 spiro atoms. The third-order valence-corrected chi connectivity index (χ3v) is 6.04. The number of primary amides is 1. The number of hydrogen-bond donors (Lipinski definition) is 3. The van der Waals surface area contributed by atoms with Crippen LogP contribution in [0.5, 0.6) is 0 Å². The third-order valence-electron chi connectivity index (χ3n) is 5.72. The van der Waals surface area contributed by atoms with Crippen LogP contribution in [-0.4, -0.2) is 26.8 Å². The lowest BCUT2D eigenvalue weighted by Gasteiger charge is -2.10. The maximum atomic E-state index is 14.4. The van der Waals surface area contributed by atoms with Crippen LogP contribution in [0.15, 0.2) is 67.0 Å². The number of halogens is 2. The Morgan fingerprint density at radius 3 is 2.74 bits per heavy atom. The largest absolute Gasteiger partial charge is 0.364 e. The zero-order valence-electron chi connectivity index (χ0n) is 18.3. The summed E-state index contributed by atoms with van der Waals surface area (Å²) in [5, 5.41) is 4.75. The first-order valence-electron chi connectivity index (χ1n) is 10.8. The normalized spacial score (nSPS) is 11.1. The molecule has 7 nitrogen and oxygen atoms in total. The second kappa shape index (κ2) is 9.15. The number of rotatable bonds is 6. The lowest BCUT2D eigenvalue weighted by atomic mass is 10.0. The Morgan fingerprint density at radius 2 is 1.91 bits per heavy atom. The van der Waals surface area contributed by atoms with Crippen molar-refractivity contribution in [2.45, 2.75) is 13.0 Å². The van der Waals surface area contributed by atoms with E-state index in [1.807, 2.05) is 24.3 Å². The lowest BCUT2D eigenvalue weighted by Crippen LogP contribution is -2.23. The Hall–Kier alpha value is -4.30. The Kier molecular flexibility index (Phi) is 5.88. The van der Waals surface area contributed by atoms with Crippen LogP contribution in [0, 0.1) is 5.82 Å². The SMILES string of the molecule is NC(=O)c1nc2ccccc2cc1Cc1cc(C(=O)NCc2cc3c(Cl)c[nH]c3cc2F)ccn1. The number of hydrogen-bond acceptors (Lipinski definition) is 4. The number of aromatic amines is 1. The van der Waals surface area contributed by atoms with Gasteiger partial charge in [-0.2, -0.15) is 0 Å². The molecule has 2 amide bonds. The number of H-pyrrole nitrogens is 1. The molecule has 9 heteroatoms. The van der Waals surface area contributed by atoms with Crippen LogP contribution in [0.2, 0.25) is 5.02 Å². The van der Waals surface area contributed by atoms with Crippen LogP contribution in [-0.2, 0) is 13.0 Å². The molecular formula is C26H19ClFN5O2. The van der Waals surface area contributed by atoms with Crippen molar-refractivity contribution in [2.24, 2.45) is 5.73 Å². The van der Waals surface area contributed by atoms with E-state index >= 15 is 0 Å². The molecule has 3 heterocycles. The highest BCUT2D eigenvalue weighted by atomic mass is 35.5. The van der Waals surface area contributed by atoms with E-state index in [0.29, 0.717) is 43.8 Å². The fraction of sp³-hybridized carbons (Fsp3) is 0.0769. The van der Waals surface area contributed by atoms with E-state index in [-0.39, 0.29) is 24.6 Å². The van der Waals surface area contributed by atoms with Crippen molar-refractivity contribution < 1.29 is 14.0 Å². The van der Waals surface area contributed by atoms with Gasteiger partial charge in [-0.1, -0.05) is 29.8 Å². The number of nitrogens with two attached hydrogens (primary N) is 1. The van der Waals surface area contributed by atoms with Gasteiger partial charge in [0.1, 0.15) is 11.5 Å². The number of nitrogens with one attached hydrogen (secondary N) is 2. The summed E-state index contributed by atoms with van der Waals surface area (Å²) >= 11 is 6.12. The van der Waals surface area contributed by atoms with Gasteiger partial charge in [0.15, 0.2) is 0 Å². The summed E-state index contributed by atoms with van der Waals surface area (Å²) in [6.07, 6.45) is 3.35. The van der Waals surface area contributed by atoms with E-state index in [9.17, 15) is 14.0 Å². The highest BCUT2D eigenvalue weighted by molar-refractivity contribution is 6.35. The van der Waals surface area contributed by atoms with Gasteiger partial charge in [0, 0.05) is 58.5 Å². The van der Waals surface area contributed by atoms with Gasteiger partial charge < -0.3 is 16.0 Å². The average Bonchev–Trinajstić information content (AvgIpc) is 3.21. The molecule has 0 aliphatic heterocycles. The van der Waals surface area contributed by atoms with Crippen molar-refractivity contribution >= 4 is 45.2 Å². The predicted octanol–water partition coefficient (Wildman–Crippen LogP) is 4.52. The van der Waals surface area contributed by atoms with E-state index in [2.05, 4.69) is 20.3 Å². The van der Waals surface area contributed by atoms with E-state index in [4.69, 9.17) is 17.3 Å². The predicted molar refractivity (Wildman–Crippen MR) is 132 cm³/mol. The van der Waals surface area contributed by atoms with Gasteiger partial charge in [-0.3, -0.25) is 14.6 Å². The third kappa shape index (κ3) is 4.56. The number of para-hydroxylation sites is 1. The second-order valence-corrected chi connectivity index (χ2v) is 8.48. The van der Waals surface area contributed by atoms with Crippen LogP contribution >= 0.6 is 11.6 Å². The molecule has 0 saturated heterocycles. The van der Waals surface area contributed by atoms with Gasteiger partial charge in [0.25, 0.3) is 11.8 Å². The van der Waals surface area contributed by atoms with E-state index < -0.39 is 11.7 Å². The standard InChI is InChI=1S/C26H19ClFN5O2/c27-20-13-31-23-11-21(28)17(10-19(20)23)12-32-26(35)15-5-6-30-18(8-15)9-16-7-14-3-1-2-4-22(14)33-24(16)25(29)34/h1-8,10-11,13,31H,9,12H2,(H2,29,34)(H,32,35). The fourth-order valence-corrected chi connectivity index (χ4v) is 4.20. The van der Waals surface area contributed by atoms with Crippen molar-refractivity contribution in [3.63, 3.8) is 0 Å². The summed E-state index contributed by atoms with van der Waals surface area (Å²) in [5.74, 6) is -1.48. The van der Waals surface area contributed by atoms with Crippen LogP contribution in [0.1, 0.15) is 37.7 Å². The quantitative estimate of drug-likeness (QED) is 0.326. The monoisotopic (exact) mass is 487 g/mol. The number of carbonyl (C=O) groups excluding carboxylic acids is 2. The first-order chi connectivity index (χ1) is 16.9. The highest BCUT2D eigenvalue weighted by Gasteiger charge is 2.15. The first kappa shape index (κ1) is 22.5. The number of carbonyl (C=O) groups is 2. The first-order valence-corrected chi connectivity index (χ1v) is 11.1. The van der Waals surface area contributed by atoms with Crippen LogP contribution in [0.25, 0.3) is 21.8 Å². The van der Waals surface area contributed by atoms with Crippen LogP contribution in [0.4, 0.5) is 4.39 Å². The molecule has 3 aromatic heterocycles. The smallest absolute Gasteiger partial charge is 0.267 e. The zero-order chi connectivity index (χ0) is 24.5. The lowest BCUT2D eigenvalue weighted by molar-refractivity contribution is 0.0948. The summed E-state index contributed by atoms with van der Waals surface area (Å²) < 4.78 is 14.4. The Balaban J connectivity index is 1.36. The van der Waals surface area contributed by atoms with Crippen molar-refractivity contribution in [2.75, 3.05) is 0 Å².